The molecule has 3 rings (SSSR count). The van der Waals surface area contributed by atoms with Gasteiger partial charge in [-0.15, -0.1) is 11.3 Å². The number of carboxylic acids is 1. The molecule has 0 aliphatic carbocycles. The molecule has 1 aromatic carbocycles. The lowest BCUT2D eigenvalue weighted by Gasteiger charge is -2.21. The van der Waals surface area contributed by atoms with E-state index in [1.165, 1.54) is 16.9 Å². The number of fused-ring (bicyclic) bond motifs is 1. The van der Waals surface area contributed by atoms with Crippen molar-refractivity contribution in [2.75, 3.05) is 6.61 Å². The first-order valence-corrected chi connectivity index (χ1v) is 9.06. The normalized spacial score (nSPS) is 11.8. The van der Waals surface area contributed by atoms with Gasteiger partial charge in [0.15, 0.2) is 4.96 Å². The van der Waals surface area contributed by atoms with E-state index < -0.39 is 5.97 Å². The highest BCUT2D eigenvalue weighted by Crippen LogP contribution is 2.35. The van der Waals surface area contributed by atoms with Crippen LogP contribution in [0, 0.1) is 0 Å². The summed E-state index contributed by atoms with van der Waals surface area (Å²) in [6.07, 6.45) is 3.78. The molecule has 0 saturated heterocycles. The van der Waals surface area contributed by atoms with Crippen LogP contribution in [-0.2, 0) is 16.6 Å². The summed E-state index contributed by atoms with van der Waals surface area (Å²) in [6, 6.07) is 6.23. The van der Waals surface area contributed by atoms with Gasteiger partial charge in [0.2, 0.25) is 0 Å². The number of nitrogens with zero attached hydrogens (tertiary/aromatic N) is 2. The SMILES string of the molecule is CCOc1ccc(C(C)(C)C)cc1-c1cn2cc(CC(=O)O)sc2n1. The molecule has 0 aliphatic heterocycles. The molecule has 6 heteroatoms. The fourth-order valence-corrected chi connectivity index (χ4v) is 3.63. The Kier molecular flexibility index (Phi) is 4.56. The minimum Gasteiger partial charge on any atom is -0.493 e. The lowest BCUT2D eigenvalue weighted by molar-refractivity contribution is -0.136. The van der Waals surface area contributed by atoms with Crippen molar-refractivity contribution in [2.24, 2.45) is 0 Å². The van der Waals surface area contributed by atoms with Gasteiger partial charge in [-0.25, -0.2) is 4.98 Å². The smallest absolute Gasteiger partial charge is 0.308 e. The number of hydrogen-bond donors (Lipinski definition) is 1. The van der Waals surface area contributed by atoms with E-state index in [1.54, 1.807) is 0 Å². The quantitative estimate of drug-likeness (QED) is 0.735. The van der Waals surface area contributed by atoms with Crippen molar-refractivity contribution >= 4 is 22.3 Å². The van der Waals surface area contributed by atoms with Gasteiger partial charge in [-0.3, -0.25) is 9.20 Å². The Balaban J connectivity index is 2.05. The van der Waals surface area contributed by atoms with Crippen LogP contribution in [0.3, 0.4) is 0 Å². The lowest BCUT2D eigenvalue weighted by Crippen LogP contribution is -2.11. The van der Waals surface area contributed by atoms with Gasteiger partial charge in [-0.1, -0.05) is 26.8 Å². The third kappa shape index (κ3) is 3.69. The van der Waals surface area contributed by atoms with E-state index in [0.29, 0.717) is 6.61 Å². The molecule has 0 radical (unpaired) electrons. The Morgan fingerprint density at radius 1 is 1.32 bits per heavy atom. The van der Waals surface area contributed by atoms with Gasteiger partial charge < -0.3 is 9.84 Å². The first-order valence-electron chi connectivity index (χ1n) is 8.25. The molecule has 0 amide bonds. The van der Waals surface area contributed by atoms with Crippen LogP contribution >= 0.6 is 11.3 Å². The zero-order chi connectivity index (χ0) is 18.2. The Bertz CT molecular complexity index is 887. The summed E-state index contributed by atoms with van der Waals surface area (Å²) in [7, 11) is 0. The Morgan fingerprint density at radius 3 is 2.68 bits per heavy atom. The predicted molar refractivity (Wildman–Crippen MR) is 99.7 cm³/mol. The zero-order valence-corrected chi connectivity index (χ0v) is 15.7. The summed E-state index contributed by atoms with van der Waals surface area (Å²) >= 11 is 1.40. The van der Waals surface area contributed by atoms with Crippen molar-refractivity contribution in [3.63, 3.8) is 0 Å². The third-order valence-electron chi connectivity index (χ3n) is 3.95. The zero-order valence-electron chi connectivity index (χ0n) is 14.9. The second-order valence-corrected chi connectivity index (χ2v) is 8.07. The summed E-state index contributed by atoms with van der Waals surface area (Å²) in [5, 5.41) is 8.92. The fourth-order valence-electron chi connectivity index (χ4n) is 2.68. The molecule has 0 unspecified atom stereocenters. The monoisotopic (exact) mass is 358 g/mol. The minimum atomic E-state index is -0.832. The van der Waals surface area contributed by atoms with Crippen LogP contribution in [0.5, 0.6) is 5.75 Å². The minimum absolute atomic E-state index is 0.0209. The average molecular weight is 358 g/mol. The molecule has 3 aromatic rings. The second kappa shape index (κ2) is 6.52. The van der Waals surface area contributed by atoms with E-state index in [4.69, 9.17) is 9.84 Å². The van der Waals surface area contributed by atoms with Gasteiger partial charge in [-0.05, 0) is 30.0 Å². The average Bonchev–Trinajstić information content (AvgIpc) is 3.04. The summed E-state index contributed by atoms with van der Waals surface area (Å²) in [5.74, 6) is -0.0201. The first kappa shape index (κ1) is 17.5. The van der Waals surface area contributed by atoms with Gasteiger partial charge in [0.1, 0.15) is 5.75 Å². The summed E-state index contributed by atoms with van der Waals surface area (Å²) < 4.78 is 7.67. The van der Waals surface area contributed by atoms with Gasteiger partial charge in [0, 0.05) is 22.8 Å². The number of ether oxygens (including phenoxy) is 1. The van der Waals surface area contributed by atoms with Crippen LogP contribution in [-0.4, -0.2) is 27.1 Å². The molecule has 0 atom stereocenters. The fraction of sp³-hybridized carbons (Fsp3) is 0.368. The van der Waals surface area contributed by atoms with E-state index >= 15 is 0 Å². The second-order valence-electron chi connectivity index (χ2n) is 6.98. The molecule has 0 spiro atoms. The van der Waals surface area contributed by atoms with Gasteiger partial charge in [-0.2, -0.15) is 0 Å². The number of imidazole rings is 1. The standard InChI is InChI=1S/C19H22N2O3S/c1-5-24-16-7-6-12(19(2,3)4)8-14(16)15-11-21-10-13(9-17(22)23)25-18(21)20-15/h6-8,10-11H,5,9H2,1-4H3,(H,22,23). The number of hydrogen-bond acceptors (Lipinski definition) is 4. The number of carbonyl (C=O) groups is 1. The molecule has 0 saturated carbocycles. The molecule has 1 N–H and O–H groups in total. The number of aromatic nitrogens is 2. The lowest BCUT2D eigenvalue weighted by atomic mass is 9.86. The van der Waals surface area contributed by atoms with Crippen LogP contribution in [0.4, 0.5) is 0 Å². The molecule has 0 bridgehead atoms. The summed E-state index contributed by atoms with van der Waals surface area (Å²) in [5.41, 5.74) is 3.05. The Morgan fingerprint density at radius 2 is 2.08 bits per heavy atom. The molecule has 132 valence electrons. The third-order valence-corrected chi connectivity index (χ3v) is 4.95. The molecule has 25 heavy (non-hydrogen) atoms. The van der Waals surface area contributed by atoms with Crippen molar-refractivity contribution in [3.8, 4) is 17.0 Å². The maximum absolute atomic E-state index is 10.9. The van der Waals surface area contributed by atoms with Crippen LogP contribution in [0.1, 0.15) is 38.1 Å². The predicted octanol–water partition coefficient (Wildman–Crippen LogP) is 4.39. The molecule has 0 aliphatic rings. The van der Waals surface area contributed by atoms with Crippen molar-refractivity contribution in [2.45, 2.75) is 39.5 Å². The van der Waals surface area contributed by atoms with Crippen molar-refractivity contribution in [3.05, 3.63) is 41.0 Å². The molecule has 0 fully saturated rings. The summed E-state index contributed by atoms with van der Waals surface area (Å²) in [6.45, 7) is 9.08. The van der Waals surface area contributed by atoms with Crippen molar-refractivity contribution in [1.29, 1.82) is 0 Å². The van der Waals surface area contributed by atoms with Gasteiger partial charge >= 0.3 is 5.97 Å². The number of rotatable bonds is 5. The van der Waals surface area contributed by atoms with E-state index in [0.717, 1.165) is 26.8 Å². The highest BCUT2D eigenvalue weighted by atomic mass is 32.1. The molecule has 5 nitrogen and oxygen atoms in total. The Labute approximate surface area is 150 Å². The summed E-state index contributed by atoms with van der Waals surface area (Å²) in [4.78, 5) is 17.1. The van der Waals surface area contributed by atoms with Crippen molar-refractivity contribution < 1.29 is 14.6 Å². The highest BCUT2D eigenvalue weighted by molar-refractivity contribution is 7.17. The number of thiazole rings is 1. The van der Waals surface area contributed by atoms with Crippen LogP contribution in [0.25, 0.3) is 16.2 Å². The van der Waals surface area contributed by atoms with Crippen LogP contribution in [0.15, 0.2) is 30.6 Å². The van der Waals surface area contributed by atoms with E-state index in [9.17, 15) is 4.79 Å². The molecule has 2 heterocycles. The van der Waals surface area contributed by atoms with Crippen LogP contribution < -0.4 is 4.74 Å². The van der Waals surface area contributed by atoms with Crippen molar-refractivity contribution in [1.82, 2.24) is 9.38 Å². The van der Waals surface area contributed by atoms with E-state index in [1.807, 2.05) is 29.8 Å². The number of carboxylic acid groups (broad SMARTS) is 1. The maximum Gasteiger partial charge on any atom is 0.308 e. The van der Waals surface area contributed by atoms with Gasteiger partial charge in [0.25, 0.3) is 0 Å². The largest absolute Gasteiger partial charge is 0.493 e. The number of benzene rings is 1. The number of aliphatic carboxylic acids is 1. The van der Waals surface area contributed by atoms with Crippen LogP contribution in [0.2, 0.25) is 0 Å². The molecular formula is C19H22N2O3S. The van der Waals surface area contributed by atoms with Gasteiger partial charge in [0.05, 0.1) is 18.7 Å². The Hall–Kier alpha value is -2.34. The topological polar surface area (TPSA) is 63.8 Å². The highest BCUT2D eigenvalue weighted by Gasteiger charge is 2.19. The first-order chi connectivity index (χ1) is 11.8. The molecular weight excluding hydrogens is 336 g/mol. The van der Waals surface area contributed by atoms with E-state index in [2.05, 4.69) is 37.9 Å². The van der Waals surface area contributed by atoms with E-state index in [-0.39, 0.29) is 11.8 Å². The molecule has 2 aromatic heterocycles. The maximum atomic E-state index is 10.9.